The Morgan fingerprint density at radius 3 is 2.56 bits per heavy atom. The van der Waals surface area contributed by atoms with E-state index in [9.17, 15) is 14.7 Å². The number of rotatable bonds is 11. The molecule has 0 aliphatic heterocycles. The highest BCUT2D eigenvalue weighted by molar-refractivity contribution is 7.17. The first-order valence-electron chi connectivity index (χ1n) is 11.4. The molecule has 2 N–H and O–H groups in total. The molecule has 2 aromatic carbocycles. The second-order valence-electron chi connectivity index (χ2n) is 8.33. The number of carboxylic acids is 1. The van der Waals surface area contributed by atoms with Gasteiger partial charge in [0.2, 0.25) is 0 Å². The second kappa shape index (κ2) is 12.5. The Kier molecular flexibility index (Phi) is 9.73. The third kappa shape index (κ3) is 7.20. The molecule has 0 aliphatic rings. The zero-order valence-corrected chi connectivity index (χ0v) is 22.8. The lowest BCUT2D eigenvalue weighted by Gasteiger charge is -2.18. The summed E-state index contributed by atoms with van der Waals surface area (Å²) in [6.45, 7) is 7.88. The average Bonchev–Trinajstić information content (AvgIpc) is 3.19. The van der Waals surface area contributed by atoms with E-state index in [4.69, 9.17) is 32.7 Å². The molecule has 7 nitrogen and oxygen atoms in total. The van der Waals surface area contributed by atoms with Gasteiger partial charge in [0.1, 0.15) is 15.6 Å². The van der Waals surface area contributed by atoms with Gasteiger partial charge in [0.15, 0.2) is 6.10 Å². The summed E-state index contributed by atoms with van der Waals surface area (Å²) in [6, 6.07) is 10.6. The molecule has 36 heavy (non-hydrogen) atoms. The van der Waals surface area contributed by atoms with Crippen LogP contribution in [0.4, 0.5) is 0 Å². The first-order valence-corrected chi connectivity index (χ1v) is 13.0. The van der Waals surface area contributed by atoms with Gasteiger partial charge in [0, 0.05) is 29.1 Å². The van der Waals surface area contributed by atoms with Crippen LogP contribution in [-0.2, 0) is 22.5 Å². The molecule has 3 rings (SSSR count). The summed E-state index contributed by atoms with van der Waals surface area (Å²) in [5.74, 6) is -0.682. The number of carbonyl (C=O) groups is 2. The third-order valence-electron chi connectivity index (χ3n) is 5.16. The molecule has 0 fully saturated rings. The molecule has 0 saturated heterocycles. The van der Waals surface area contributed by atoms with Crippen LogP contribution >= 0.6 is 34.5 Å². The molecule has 0 saturated carbocycles. The van der Waals surface area contributed by atoms with Crippen LogP contribution in [-0.4, -0.2) is 40.8 Å². The van der Waals surface area contributed by atoms with Crippen LogP contribution in [0.5, 0.6) is 5.75 Å². The van der Waals surface area contributed by atoms with Crippen LogP contribution in [0.25, 0.3) is 10.6 Å². The molecule has 1 amide bonds. The Labute approximate surface area is 224 Å². The number of hydrogen-bond acceptors (Lipinski definition) is 6. The molecule has 192 valence electrons. The highest BCUT2D eigenvalue weighted by atomic mass is 35.5. The van der Waals surface area contributed by atoms with Crippen molar-refractivity contribution in [2.45, 2.75) is 52.9 Å². The van der Waals surface area contributed by atoms with Crippen LogP contribution in [0.3, 0.4) is 0 Å². The van der Waals surface area contributed by atoms with Gasteiger partial charge in [-0.2, -0.15) is 0 Å². The summed E-state index contributed by atoms with van der Waals surface area (Å²) in [5.41, 5.74) is 2.80. The molecule has 0 bridgehead atoms. The standard InChI is InChI=1S/C26H28Cl2N2O5S/c1-5-34-21-9-6-16(11-22(26(32)33)35-14(2)3)10-17(21)13-29-24(31)23-15(4)30-25(36-23)19-8-7-18(27)12-20(19)28/h6-10,12,14,22H,5,11,13H2,1-4H3,(H,29,31)(H,32,33). The summed E-state index contributed by atoms with van der Waals surface area (Å²) in [4.78, 5) is 29.6. The molecule has 3 aromatic rings. The predicted molar refractivity (Wildman–Crippen MR) is 142 cm³/mol. The van der Waals surface area contributed by atoms with E-state index in [2.05, 4.69) is 10.3 Å². The van der Waals surface area contributed by atoms with Gasteiger partial charge < -0.3 is 19.9 Å². The van der Waals surface area contributed by atoms with Gasteiger partial charge in [0.05, 0.1) is 23.4 Å². The number of aliphatic carboxylic acids is 1. The van der Waals surface area contributed by atoms with Gasteiger partial charge in [-0.1, -0.05) is 35.3 Å². The Morgan fingerprint density at radius 1 is 1.17 bits per heavy atom. The van der Waals surface area contributed by atoms with E-state index >= 15 is 0 Å². The monoisotopic (exact) mass is 550 g/mol. The van der Waals surface area contributed by atoms with Crippen molar-refractivity contribution >= 4 is 46.4 Å². The summed E-state index contributed by atoms with van der Waals surface area (Å²) in [7, 11) is 0. The number of nitrogens with zero attached hydrogens (tertiary/aromatic N) is 1. The number of nitrogens with one attached hydrogen (secondary N) is 1. The first kappa shape index (κ1) is 27.9. The highest BCUT2D eigenvalue weighted by Crippen LogP contribution is 2.34. The quantitative estimate of drug-likeness (QED) is 0.296. The molecule has 0 aliphatic carbocycles. The molecule has 0 radical (unpaired) electrons. The fourth-order valence-corrected chi connectivity index (χ4v) is 5.15. The van der Waals surface area contributed by atoms with Crippen LogP contribution in [0.2, 0.25) is 10.0 Å². The van der Waals surface area contributed by atoms with Crippen molar-refractivity contribution in [3.05, 3.63) is 68.1 Å². The topological polar surface area (TPSA) is 97.8 Å². The van der Waals surface area contributed by atoms with Gasteiger partial charge in [0.25, 0.3) is 5.91 Å². The van der Waals surface area contributed by atoms with Crippen molar-refractivity contribution in [3.8, 4) is 16.3 Å². The maximum absolute atomic E-state index is 13.0. The summed E-state index contributed by atoms with van der Waals surface area (Å²) in [5, 5.41) is 14.0. The molecule has 1 unspecified atom stereocenters. The van der Waals surface area contributed by atoms with Crippen LogP contribution in [0.15, 0.2) is 36.4 Å². The number of hydrogen-bond donors (Lipinski definition) is 2. The van der Waals surface area contributed by atoms with Gasteiger partial charge in [-0.05, 0) is 57.5 Å². The molecule has 1 heterocycles. The number of aryl methyl sites for hydroxylation is 1. The van der Waals surface area contributed by atoms with E-state index in [1.54, 1.807) is 45.0 Å². The maximum Gasteiger partial charge on any atom is 0.333 e. The fourth-order valence-electron chi connectivity index (χ4n) is 3.57. The number of benzene rings is 2. The minimum absolute atomic E-state index is 0.194. The number of thiazole rings is 1. The lowest BCUT2D eigenvalue weighted by atomic mass is 10.0. The van der Waals surface area contributed by atoms with Crippen molar-refractivity contribution < 1.29 is 24.2 Å². The Balaban J connectivity index is 1.78. The fraction of sp³-hybridized carbons (Fsp3) is 0.346. The summed E-state index contributed by atoms with van der Waals surface area (Å²) >= 11 is 13.6. The first-order chi connectivity index (χ1) is 17.1. The van der Waals surface area contributed by atoms with Gasteiger partial charge in [-0.15, -0.1) is 11.3 Å². The van der Waals surface area contributed by atoms with Crippen molar-refractivity contribution in [2.75, 3.05) is 6.61 Å². The molecular formula is C26H28Cl2N2O5S. The van der Waals surface area contributed by atoms with Crippen molar-refractivity contribution in [2.24, 2.45) is 0 Å². The lowest BCUT2D eigenvalue weighted by Crippen LogP contribution is -2.29. The smallest absolute Gasteiger partial charge is 0.333 e. The van der Waals surface area contributed by atoms with E-state index in [0.29, 0.717) is 43.5 Å². The van der Waals surface area contributed by atoms with E-state index in [-0.39, 0.29) is 25.0 Å². The lowest BCUT2D eigenvalue weighted by molar-refractivity contribution is -0.153. The van der Waals surface area contributed by atoms with Gasteiger partial charge in [-0.3, -0.25) is 4.79 Å². The van der Waals surface area contributed by atoms with Crippen molar-refractivity contribution in [1.29, 1.82) is 0 Å². The van der Waals surface area contributed by atoms with E-state index in [1.165, 1.54) is 11.3 Å². The summed E-state index contributed by atoms with van der Waals surface area (Å²) in [6.07, 6.45) is -0.994. The molecule has 1 atom stereocenters. The zero-order valence-electron chi connectivity index (χ0n) is 20.4. The Bertz CT molecular complexity index is 1250. The normalized spacial score (nSPS) is 12.0. The SMILES string of the molecule is CCOc1ccc(CC(OC(C)C)C(=O)O)cc1CNC(=O)c1sc(-c2ccc(Cl)cc2Cl)nc1C. The Morgan fingerprint density at radius 2 is 1.92 bits per heavy atom. The number of aromatic nitrogens is 1. The molecule has 10 heteroatoms. The number of amides is 1. The second-order valence-corrected chi connectivity index (χ2v) is 10.2. The van der Waals surface area contributed by atoms with Crippen molar-refractivity contribution in [3.63, 3.8) is 0 Å². The van der Waals surface area contributed by atoms with Gasteiger partial charge >= 0.3 is 5.97 Å². The van der Waals surface area contributed by atoms with E-state index in [0.717, 1.165) is 11.1 Å². The van der Waals surface area contributed by atoms with Crippen molar-refractivity contribution in [1.82, 2.24) is 10.3 Å². The predicted octanol–water partition coefficient (Wildman–Crippen LogP) is 6.17. The minimum Gasteiger partial charge on any atom is -0.494 e. The molecular weight excluding hydrogens is 523 g/mol. The number of carboxylic acid groups (broad SMARTS) is 1. The maximum atomic E-state index is 13.0. The average molecular weight is 551 g/mol. The third-order valence-corrected chi connectivity index (χ3v) is 6.90. The zero-order chi connectivity index (χ0) is 26.4. The van der Waals surface area contributed by atoms with Crippen LogP contribution in [0.1, 0.15) is 47.3 Å². The van der Waals surface area contributed by atoms with Gasteiger partial charge in [-0.25, -0.2) is 9.78 Å². The van der Waals surface area contributed by atoms with Crippen LogP contribution in [0, 0.1) is 6.92 Å². The highest BCUT2D eigenvalue weighted by Gasteiger charge is 2.22. The minimum atomic E-state index is -1.02. The van der Waals surface area contributed by atoms with E-state index < -0.39 is 12.1 Å². The number of halogens is 2. The largest absolute Gasteiger partial charge is 0.494 e. The number of ether oxygens (including phenoxy) is 2. The molecule has 0 spiro atoms. The number of carbonyl (C=O) groups excluding carboxylic acids is 1. The summed E-state index contributed by atoms with van der Waals surface area (Å²) < 4.78 is 11.3. The Hall–Kier alpha value is -2.65. The van der Waals surface area contributed by atoms with Crippen LogP contribution < -0.4 is 10.1 Å². The molecule has 1 aromatic heterocycles. The van der Waals surface area contributed by atoms with E-state index in [1.807, 2.05) is 19.1 Å².